The Morgan fingerprint density at radius 1 is 0.930 bits per heavy atom. The number of esters is 1. The SMILES string of the molecule is CCOC(=O)Cc1ccc(NC(=O)OC)cc1OCc1cc(-c2cccc(CNC(=O)OC(C)(C)C)c2)c2occc2c1. The first-order valence-corrected chi connectivity index (χ1v) is 13.9. The van der Waals surface area contributed by atoms with Gasteiger partial charge in [0, 0.05) is 34.8 Å². The quantitative estimate of drug-likeness (QED) is 0.150. The lowest BCUT2D eigenvalue weighted by Gasteiger charge is -2.19. The first-order chi connectivity index (χ1) is 20.5. The summed E-state index contributed by atoms with van der Waals surface area (Å²) in [6.07, 6.45) is 0.533. The topological polar surface area (TPSA) is 125 Å². The number of methoxy groups -OCH3 is 1. The molecule has 4 aromatic rings. The highest BCUT2D eigenvalue weighted by Crippen LogP contribution is 2.33. The van der Waals surface area contributed by atoms with Gasteiger partial charge in [0.05, 0.1) is 26.4 Å². The molecule has 0 aliphatic rings. The van der Waals surface area contributed by atoms with Gasteiger partial charge in [0.25, 0.3) is 0 Å². The Balaban J connectivity index is 1.58. The number of furan rings is 1. The largest absolute Gasteiger partial charge is 0.489 e. The first kappa shape index (κ1) is 31.0. The molecular weight excluding hydrogens is 552 g/mol. The van der Waals surface area contributed by atoms with Gasteiger partial charge in [-0.3, -0.25) is 10.1 Å². The number of rotatable bonds is 10. The summed E-state index contributed by atoms with van der Waals surface area (Å²) in [4.78, 5) is 36.1. The first-order valence-electron chi connectivity index (χ1n) is 13.9. The lowest BCUT2D eigenvalue weighted by Crippen LogP contribution is -2.32. The van der Waals surface area contributed by atoms with Crippen LogP contribution in [0.3, 0.4) is 0 Å². The molecule has 0 saturated carbocycles. The number of carbonyl (C=O) groups excluding carboxylic acids is 3. The molecule has 0 unspecified atom stereocenters. The van der Waals surface area contributed by atoms with Crippen molar-refractivity contribution in [3.8, 4) is 16.9 Å². The maximum Gasteiger partial charge on any atom is 0.411 e. The molecule has 0 aliphatic carbocycles. The van der Waals surface area contributed by atoms with Crippen molar-refractivity contribution >= 4 is 34.8 Å². The van der Waals surface area contributed by atoms with Crippen LogP contribution in [0.4, 0.5) is 15.3 Å². The molecule has 1 heterocycles. The fourth-order valence-electron chi connectivity index (χ4n) is 4.39. The van der Waals surface area contributed by atoms with E-state index in [2.05, 4.69) is 10.6 Å². The number of amides is 2. The fourth-order valence-corrected chi connectivity index (χ4v) is 4.39. The van der Waals surface area contributed by atoms with Crippen molar-refractivity contribution in [2.75, 3.05) is 19.0 Å². The van der Waals surface area contributed by atoms with Gasteiger partial charge in [0.15, 0.2) is 0 Å². The zero-order valence-corrected chi connectivity index (χ0v) is 24.9. The van der Waals surface area contributed by atoms with Crippen LogP contribution in [-0.4, -0.2) is 37.5 Å². The number of alkyl carbamates (subject to hydrolysis) is 1. The highest BCUT2D eigenvalue weighted by molar-refractivity contribution is 5.93. The predicted octanol–water partition coefficient (Wildman–Crippen LogP) is 6.99. The van der Waals surface area contributed by atoms with Crippen molar-refractivity contribution in [2.24, 2.45) is 0 Å². The third-order valence-corrected chi connectivity index (χ3v) is 6.22. The minimum absolute atomic E-state index is 0.0117. The van der Waals surface area contributed by atoms with Gasteiger partial charge in [-0.1, -0.05) is 24.3 Å². The molecule has 1 aromatic heterocycles. The van der Waals surface area contributed by atoms with Crippen molar-refractivity contribution < 1.29 is 37.7 Å². The van der Waals surface area contributed by atoms with Gasteiger partial charge in [-0.05, 0) is 74.7 Å². The highest BCUT2D eigenvalue weighted by atomic mass is 16.6. The molecule has 0 fully saturated rings. The number of hydrogen-bond acceptors (Lipinski definition) is 8. The Hall–Kier alpha value is -4.99. The van der Waals surface area contributed by atoms with E-state index in [1.807, 2.05) is 63.2 Å². The van der Waals surface area contributed by atoms with Gasteiger partial charge >= 0.3 is 18.2 Å². The van der Waals surface area contributed by atoms with Crippen LogP contribution in [0.1, 0.15) is 44.4 Å². The maximum atomic E-state index is 12.2. The van der Waals surface area contributed by atoms with Crippen molar-refractivity contribution in [3.05, 3.63) is 83.6 Å². The van der Waals surface area contributed by atoms with Crippen molar-refractivity contribution in [1.29, 1.82) is 0 Å². The molecule has 0 aliphatic heterocycles. The van der Waals surface area contributed by atoms with Gasteiger partial charge in [0.1, 0.15) is 23.5 Å². The highest BCUT2D eigenvalue weighted by Gasteiger charge is 2.17. The fraction of sp³-hybridized carbons (Fsp3) is 0.303. The molecule has 0 atom stereocenters. The summed E-state index contributed by atoms with van der Waals surface area (Å²) >= 11 is 0. The normalized spacial score (nSPS) is 11.1. The number of benzene rings is 3. The summed E-state index contributed by atoms with van der Waals surface area (Å²) in [5, 5.41) is 6.30. The molecular formula is C33H36N2O8. The standard InChI is InChI=1S/C33H36N2O8/c1-6-40-29(36)17-24-10-11-26(35-32(38)39-5)18-28(24)42-20-22-15-25-12-13-41-30(25)27(16-22)23-9-7-8-21(14-23)19-34-31(37)43-33(2,3)4/h7-16,18H,6,17,19-20H2,1-5H3,(H,34,37)(H,35,38). The number of hydrogen-bond donors (Lipinski definition) is 2. The lowest BCUT2D eigenvalue weighted by molar-refractivity contribution is -0.142. The molecule has 2 N–H and O–H groups in total. The van der Waals surface area contributed by atoms with Crippen molar-refractivity contribution in [2.45, 2.75) is 52.9 Å². The summed E-state index contributed by atoms with van der Waals surface area (Å²) in [7, 11) is 1.28. The van der Waals surface area contributed by atoms with E-state index in [9.17, 15) is 14.4 Å². The average Bonchev–Trinajstić information content (AvgIpc) is 3.44. The molecule has 0 saturated heterocycles. The minimum Gasteiger partial charge on any atom is -0.489 e. The second-order valence-electron chi connectivity index (χ2n) is 10.7. The number of anilines is 1. The summed E-state index contributed by atoms with van der Waals surface area (Å²) in [6, 6.07) is 18.6. The van der Waals surface area contributed by atoms with Gasteiger partial charge in [-0.15, -0.1) is 0 Å². The summed E-state index contributed by atoms with van der Waals surface area (Å²) < 4.78 is 27.2. The van der Waals surface area contributed by atoms with Crippen LogP contribution < -0.4 is 15.4 Å². The monoisotopic (exact) mass is 588 g/mol. The van der Waals surface area contributed by atoms with Crippen molar-refractivity contribution in [3.63, 3.8) is 0 Å². The smallest absolute Gasteiger partial charge is 0.411 e. The van der Waals surface area contributed by atoms with Gasteiger partial charge in [-0.2, -0.15) is 0 Å². The average molecular weight is 589 g/mol. The van der Waals surface area contributed by atoms with Crippen molar-refractivity contribution in [1.82, 2.24) is 5.32 Å². The molecule has 0 spiro atoms. The van der Waals surface area contributed by atoms with E-state index in [1.165, 1.54) is 7.11 Å². The van der Waals surface area contributed by atoms with E-state index in [0.29, 0.717) is 29.1 Å². The third kappa shape index (κ3) is 8.75. The summed E-state index contributed by atoms with van der Waals surface area (Å²) in [5.41, 5.74) is 4.70. The zero-order chi connectivity index (χ0) is 31.0. The van der Waals surface area contributed by atoms with Crippen LogP contribution in [0.5, 0.6) is 5.75 Å². The Bertz CT molecular complexity index is 1600. The minimum atomic E-state index is -0.623. The van der Waals surface area contributed by atoms with Crippen LogP contribution in [0, 0.1) is 0 Å². The Morgan fingerprint density at radius 2 is 1.74 bits per heavy atom. The van der Waals surface area contributed by atoms with Crippen LogP contribution in [-0.2, 0) is 38.6 Å². The number of fused-ring (bicyclic) bond motifs is 1. The van der Waals surface area contributed by atoms with Gasteiger partial charge in [0.2, 0.25) is 0 Å². The van der Waals surface area contributed by atoms with Crippen LogP contribution >= 0.6 is 0 Å². The van der Waals surface area contributed by atoms with E-state index in [0.717, 1.165) is 27.6 Å². The van der Waals surface area contributed by atoms with E-state index in [-0.39, 0.29) is 25.6 Å². The summed E-state index contributed by atoms with van der Waals surface area (Å²) in [6.45, 7) is 7.93. The summed E-state index contributed by atoms with van der Waals surface area (Å²) in [5.74, 6) is 0.0372. The lowest BCUT2D eigenvalue weighted by atomic mass is 9.99. The molecule has 43 heavy (non-hydrogen) atoms. The molecule has 10 heteroatoms. The van der Waals surface area contributed by atoms with Crippen LogP contribution in [0.2, 0.25) is 0 Å². The number of nitrogens with one attached hydrogen (secondary N) is 2. The Morgan fingerprint density at radius 3 is 2.49 bits per heavy atom. The molecule has 4 rings (SSSR count). The zero-order valence-electron chi connectivity index (χ0n) is 24.9. The maximum absolute atomic E-state index is 12.2. The second kappa shape index (κ2) is 13.8. The van der Waals surface area contributed by atoms with E-state index in [1.54, 1.807) is 31.4 Å². The molecule has 10 nitrogen and oxygen atoms in total. The predicted molar refractivity (Wildman–Crippen MR) is 162 cm³/mol. The molecule has 0 radical (unpaired) electrons. The molecule has 3 aromatic carbocycles. The third-order valence-electron chi connectivity index (χ3n) is 6.22. The van der Waals surface area contributed by atoms with E-state index < -0.39 is 17.8 Å². The Kier molecular flexibility index (Phi) is 9.92. The Labute approximate surface area is 250 Å². The number of carbonyl (C=O) groups is 3. The van der Waals surface area contributed by atoms with Gasteiger partial charge in [-0.25, -0.2) is 9.59 Å². The van der Waals surface area contributed by atoms with Crippen LogP contribution in [0.25, 0.3) is 22.1 Å². The second-order valence-corrected chi connectivity index (χ2v) is 10.7. The van der Waals surface area contributed by atoms with E-state index in [4.69, 9.17) is 23.4 Å². The molecule has 226 valence electrons. The van der Waals surface area contributed by atoms with E-state index >= 15 is 0 Å². The molecule has 0 bridgehead atoms. The van der Waals surface area contributed by atoms with Gasteiger partial charge < -0.3 is 28.7 Å². The number of ether oxygens (including phenoxy) is 4. The van der Waals surface area contributed by atoms with Crippen LogP contribution in [0.15, 0.2) is 71.3 Å². The molecule has 2 amide bonds.